The van der Waals surface area contributed by atoms with E-state index in [1.165, 1.54) is 38.5 Å². The summed E-state index contributed by atoms with van der Waals surface area (Å²) in [6.07, 6.45) is 14.9. The van der Waals surface area contributed by atoms with Crippen LogP contribution in [0.1, 0.15) is 91.4 Å². The van der Waals surface area contributed by atoms with Gasteiger partial charge in [0, 0.05) is 12.3 Å². The summed E-state index contributed by atoms with van der Waals surface area (Å²) >= 11 is 0. The van der Waals surface area contributed by atoms with Gasteiger partial charge in [-0.3, -0.25) is 4.57 Å². The second-order valence-corrected chi connectivity index (χ2v) is 8.71. The van der Waals surface area contributed by atoms with Crippen molar-refractivity contribution in [3.05, 3.63) is 0 Å². The molecule has 0 radical (unpaired) electrons. The van der Waals surface area contributed by atoms with Crippen molar-refractivity contribution in [3.8, 4) is 0 Å². The lowest BCUT2D eigenvalue weighted by molar-refractivity contribution is 0.300. The summed E-state index contributed by atoms with van der Waals surface area (Å²) in [5.41, 5.74) is 0. The van der Waals surface area contributed by atoms with E-state index in [0.29, 0.717) is 6.61 Å². The molecule has 0 saturated heterocycles. The van der Waals surface area contributed by atoms with Crippen molar-refractivity contribution in [1.29, 1.82) is 0 Å². The smallest absolute Gasteiger partial charge is 0.203 e. The molecule has 20 heavy (non-hydrogen) atoms. The van der Waals surface area contributed by atoms with E-state index in [1.807, 2.05) is 0 Å². The highest BCUT2D eigenvalue weighted by Gasteiger charge is 2.21. The van der Waals surface area contributed by atoms with E-state index in [-0.39, 0.29) is 0 Å². The minimum absolute atomic E-state index is 0.707. The van der Waals surface area contributed by atoms with Crippen molar-refractivity contribution in [3.63, 3.8) is 0 Å². The monoisotopic (exact) mass is 304 g/mol. The van der Waals surface area contributed by atoms with Crippen LogP contribution in [0.25, 0.3) is 0 Å². The zero-order valence-corrected chi connectivity index (χ0v) is 15.1. The van der Waals surface area contributed by atoms with Crippen LogP contribution in [0.15, 0.2) is 0 Å². The second kappa shape index (κ2) is 14.1. The van der Waals surface area contributed by atoms with E-state index >= 15 is 0 Å². The first-order valence-electron chi connectivity index (χ1n) is 8.91. The molecule has 0 spiro atoms. The summed E-state index contributed by atoms with van der Waals surface area (Å²) in [5, 5.41) is 0. The molecule has 0 N–H and O–H groups in total. The van der Waals surface area contributed by atoms with Crippen molar-refractivity contribution in [2.24, 2.45) is 0 Å². The van der Waals surface area contributed by atoms with Gasteiger partial charge in [-0.05, 0) is 19.3 Å². The minimum Gasteiger partial charge on any atom is -0.328 e. The average molecular weight is 304 g/mol. The summed E-state index contributed by atoms with van der Waals surface area (Å²) < 4.78 is 18.5. The molecule has 0 heterocycles. The lowest BCUT2D eigenvalue weighted by Gasteiger charge is -2.18. The van der Waals surface area contributed by atoms with Crippen LogP contribution in [0, 0.1) is 0 Å². The van der Waals surface area contributed by atoms with Crippen LogP contribution < -0.4 is 0 Å². The maximum Gasteiger partial charge on any atom is 0.203 e. The maximum absolute atomic E-state index is 12.7. The number of hydrogen-bond donors (Lipinski definition) is 0. The Labute approximate surface area is 127 Å². The highest BCUT2D eigenvalue weighted by atomic mass is 31.2. The zero-order valence-electron chi connectivity index (χ0n) is 14.2. The fraction of sp³-hybridized carbons (Fsp3) is 1.00. The topological polar surface area (TPSA) is 26.3 Å². The molecule has 0 saturated carbocycles. The quantitative estimate of drug-likeness (QED) is 0.250. The number of rotatable bonds is 15. The van der Waals surface area contributed by atoms with Crippen LogP contribution in [-0.2, 0) is 9.09 Å². The molecule has 3 heteroatoms. The van der Waals surface area contributed by atoms with Gasteiger partial charge in [0.15, 0.2) is 0 Å². The lowest BCUT2D eigenvalue weighted by atomic mass is 10.1. The van der Waals surface area contributed by atoms with E-state index in [4.69, 9.17) is 4.52 Å². The number of unbranched alkanes of at least 4 members (excludes halogenated alkanes) is 8. The summed E-state index contributed by atoms with van der Waals surface area (Å²) in [7, 11) is -2.32. The average Bonchev–Trinajstić information content (AvgIpc) is 2.46. The Kier molecular flexibility index (Phi) is 14.3. The summed E-state index contributed by atoms with van der Waals surface area (Å²) in [6.45, 7) is 7.26. The Bertz CT molecular complexity index is 229. The van der Waals surface area contributed by atoms with Crippen LogP contribution in [0.5, 0.6) is 0 Å². The molecule has 0 aromatic rings. The van der Waals surface area contributed by atoms with Crippen LogP contribution in [0.3, 0.4) is 0 Å². The Balaban J connectivity index is 3.70. The van der Waals surface area contributed by atoms with Gasteiger partial charge >= 0.3 is 0 Å². The van der Waals surface area contributed by atoms with Gasteiger partial charge in [-0.2, -0.15) is 0 Å². The highest BCUT2D eigenvalue weighted by molar-refractivity contribution is 7.58. The SMILES string of the molecule is CCCCCCCCCOP(=O)(CCCC)CCCC. The first-order valence-corrected chi connectivity index (χ1v) is 10.9. The Morgan fingerprint density at radius 2 is 1.10 bits per heavy atom. The minimum atomic E-state index is -2.32. The second-order valence-electron chi connectivity index (χ2n) is 5.92. The molecule has 2 nitrogen and oxygen atoms in total. The summed E-state index contributed by atoms with van der Waals surface area (Å²) in [5.74, 6) is 0. The fourth-order valence-electron chi connectivity index (χ4n) is 2.33. The Morgan fingerprint density at radius 1 is 0.650 bits per heavy atom. The number of hydrogen-bond acceptors (Lipinski definition) is 2. The van der Waals surface area contributed by atoms with Gasteiger partial charge in [0.25, 0.3) is 0 Å². The fourth-order valence-corrected chi connectivity index (χ4v) is 4.87. The molecule has 0 aromatic heterocycles. The molecular formula is C17H37O2P. The van der Waals surface area contributed by atoms with Crippen LogP contribution in [0.4, 0.5) is 0 Å². The van der Waals surface area contributed by atoms with E-state index in [2.05, 4.69) is 20.8 Å². The normalized spacial score (nSPS) is 11.9. The van der Waals surface area contributed by atoms with E-state index in [0.717, 1.165) is 44.4 Å². The van der Waals surface area contributed by atoms with Crippen molar-refractivity contribution in [2.75, 3.05) is 18.9 Å². The molecule has 0 atom stereocenters. The van der Waals surface area contributed by atoms with E-state index < -0.39 is 7.37 Å². The molecule has 0 rings (SSSR count). The van der Waals surface area contributed by atoms with Gasteiger partial charge in [0.1, 0.15) is 0 Å². The van der Waals surface area contributed by atoms with Crippen molar-refractivity contribution >= 4 is 7.37 Å². The standard InChI is InChI=1S/C17H37O2P/c1-4-7-10-11-12-13-14-15-19-20(18,16-8-5-2)17-9-6-3/h4-17H2,1-3H3. The maximum atomic E-state index is 12.7. The van der Waals surface area contributed by atoms with Crippen LogP contribution in [-0.4, -0.2) is 18.9 Å². The van der Waals surface area contributed by atoms with Gasteiger partial charge in [-0.1, -0.05) is 72.1 Å². The molecule has 0 amide bonds. The summed E-state index contributed by atoms with van der Waals surface area (Å²) in [4.78, 5) is 0. The van der Waals surface area contributed by atoms with Gasteiger partial charge in [-0.25, -0.2) is 0 Å². The Morgan fingerprint density at radius 3 is 1.60 bits per heavy atom. The molecule has 122 valence electrons. The van der Waals surface area contributed by atoms with E-state index in [9.17, 15) is 4.57 Å². The lowest BCUT2D eigenvalue weighted by Crippen LogP contribution is -2.02. The van der Waals surface area contributed by atoms with Crippen LogP contribution >= 0.6 is 7.37 Å². The zero-order chi connectivity index (χ0) is 15.1. The molecule has 0 aromatic carbocycles. The molecule has 0 aliphatic rings. The van der Waals surface area contributed by atoms with Crippen LogP contribution in [0.2, 0.25) is 0 Å². The predicted octanol–water partition coefficient (Wildman–Crippen LogP) is 6.63. The molecule has 0 unspecified atom stereocenters. The van der Waals surface area contributed by atoms with E-state index in [1.54, 1.807) is 0 Å². The van der Waals surface area contributed by atoms with Gasteiger partial charge in [0.05, 0.1) is 6.61 Å². The highest BCUT2D eigenvalue weighted by Crippen LogP contribution is 2.48. The van der Waals surface area contributed by atoms with Gasteiger partial charge in [0.2, 0.25) is 7.37 Å². The third kappa shape index (κ3) is 12.0. The molecule has 0 bridgehead atoms. The third-order valence-electron chi connectivity index (χ3n) is 3.78. The van der Waals surface area contributed by atoms with Gasteiger partial charge < -0.3 is 4.52 Å². The van der Waals surface area contributed by atoms with Gasteiger partial charge in [-0.15, -0.1) is 0 Å². The van der Waals surface area contributed by atoms with Crippen molar-refractivity contribution in [2.45, 2.75) is 91.4 Å². The summed E-state index contributed by atoms with van der Waals surface area (Å²) in [6, 6.07) is 0. The third-order valence-corrected chi connectivity index (χ3v) is 6.43. The molecule has 0 aliphatic heterocycles. The molecular weight excluding hydrogens is 267 g/mol. The molecule has 0 fully saturated rings. The Hall–Kier alpha value is 0.190. The molecule has 0 aliphatic carbocycles. The largest absolute Gasteiger partial charge is 0.328 e. The van der Waals surface area contributed by atoms with Crippen molar-refractivity contribution in [1.82, 2.24) is 0 Å². The van der Waals surface area contributed by atoms with Crippen molar-refractivity contribution < 1.29 is 9.09 Å². The predicted molar refractivity (Wildman–Crippen MR) is 91.1 cm³/mol. The first-order chi connectivity index (χ1) is 9.68. The first kappa shape index (κ1) is 20.2.